The minimum absolute atomic E-state index is 0.0338. The van der Waals surface area contributed by atoms with Crippen molar-refractivity contribution in [2.24, 2.45) is 29.1 Å². The molecule has 6 rings (SSSR count). The lowest BCUT2D eigenvalue weighted by Gasteiger charge is -2.38. The number of hydrogen-bond donors (Lipinski definition) is 2. The van der Waals surface area contributed by atoms with Gasteiger partial charge in [0, 0.05) is 29.5 Å². The summed E-state index contributed by atoms with van der Waals surface area (Å²) in [5, 5.41) is 13.6. The number of fused-ring (bicyclic) bond motifs is 5. The van der Waals surface area contributed by atoms with Crippen LogP contribution >= 0.6 is 11.3 Å². The normalized spacial score (nSPS) is 42.9. The second-order valence-corrected chi connectivity index (χ2v) is 12.0. The Morgan fingerprint density at radius 2 is 1.90 bits per heavy atom. The maximum absolute atomic E-state index is 13.1. The Labute approximate surface area is 175 Å². The van der Waals surface area contributed by atoms with Gasteiger partial charge >= 0.3 is 0 Å². The van der Waals surface area contributed by atoms with Gasteiger partial charge in [-0.15, -0.1) is 11.3 Å². The zero-order chi connectivity index (χ0) is 20.3. The first-order valence-electron chi connectivity index (χ1n) is 11.0. The molecule has 2 aliphatic heterocycles. The van der Waals surface area contributed by atoms with Crippen LogP contribution in [0.25, 0.3) is 0 Å². The Kier molecular flexibility index (Phi) is 3.47. The summed E-state index contributed by atoms with van der Waals surface area (Å²) in [4.78, 5) is 32.9. The van der Waals surface area contributed by atoms with Gasteiger partial charge in [-0.25, -0.2) is 0 Å². The first-order chi connectivity index (χ1) is 13.7. The summed E-state index contributed by atoms with van der Waals surface area (Å²) < 4.78 is 0. The average Bonchev–Trinajstić information content (AvgIpc) is 3.18. The fraction of sp³-hybridized carbons (Fsp3) is 0.773. The van der Waals surface area contributed by atoms with Gasteiger partial charge < -0.3 is 15.3 Å². The van der Waals surface area contributed by atoms with Gasteiger partial charge in [-0.1, -0.05) is 13.8 Å². The maximum atomic E-state index is 13.1. The summed E-state index contributed by atoms with van der Waals surface area (Å²) in [6, 6.07) is 0.373. The lowest BCUT2D eigenvalue weighted by atomic mass is 9.91. The summed E-state index contributed by atoms with van der Waals surface area (Å²) in [6.45, 7) is 6.45. The molecule has 1 unspecified atom stereocenters. The molecule has 6 nitrogen and oxygen atoms in total. The second kappa shape index (κ2) is 5.54. The first kappa shape index (κ1) is 18.2. The highest BCUT2D eigenvalue weighted by atomic mass is 32.1. The van der Waals surface area contributed by atoms with Gasteiger partial charge in [0.2, 0.25) is 11.8 Å². The highest BCUT2D eigenvalue weighted by Crippen LogP contribution is 2.68. The molecule has 7 atom stereocenters. The number of thiazole rings is 1. The molecule has 3 saturated carbocycles. The van der Waals surface area contributed by atoms with Crippen molar-refractivity contribution in [1.82, 2.24) is 15.2 Å². The molecule has 2 saturated heterocycles. The fourth-order valence-corrected chi connectivity index (χ4v) is 7.92. The van der Waals surface area contributed by atoms with Crippen molar-refractivity contribution < 1.29 is 14.7 Å². The van der Waals surface area contributed by atoms with Crippen molar-refractivity contribution in [2.75, 3.05) is 0 Å². The van der Waals surface area contributed by atoms with Crippen LogP contribution in [0.2, 0.25) is 0 Å². The molecule has 2 N–H and O–H groups in total. The number of nitrogens with zero attached hydrogens (tertiary/aromatic N) is 2. The first-order valence-corrected chi connectivity index (χ1v) is 11.8. The van der Waals surface area contributed by atoms with Crippen LogP contribution in [-0.4, -0.2) is 44.4 Å². The number of nitrogens with one attached hydrogen (secondary N) is 1. The van der Waals surface area contributed by atoms with Crippen LogP contribution in [0, 0.1) is 36.0 Å². The van der Waals surface area contributed by atoms with Gasteiger partial charge in [-0.05, 0) is 62.7 Å². The monoisotopic (exact) mass is 415 g/mol. The smallest absolute Gasteiger partial charge is 0.283 e. The molecule has 1 aromatic rings. The van der Waals surface area contributed by atoms with Gasteiger partial charge in [0.05, 0.1) is 4.88 Å². The molecule has 7 heteroatoms. The van der Waals surface area contributed by atoms with Crippen molar-refractivity contribution in [3.8, 4) is 5.88 Å². The number of carbonyl (C=O) groups is 2. The fourth-order valence-electron chi connectivity index (χ4n) is 7.17. The Balaban J connectivity index is 1.14. The van der Waals surface area contributed by atoms with Crippen LogP contribution in [0.5, 0.6) is 5.88 Å². The van der Waals surface area contributed by atoms with Gasteiger partial charge in [-0.3, -0.25) is 9.59 Å². The van der Waals surface area contributed by atoms with E-state index in [4.69, 9.17) is 0 Å². The molecular weight excluding hydrogens is 386 g/mol. The molecule has 5 aliphatic rings. The number of carbonyl (C=O) groups excluding carboxylic acids is 2. The third-order valence-corrected chi connectivity index (χ3v) is 9.99. The van der Waals surface area contributed by atoms with Crippen molar-refractivity contribution >= 4 is 23.2 Å². The van der Waals surface area contributed by atoms with Gasteiger partial charge in [0.1, 0.15) is 0 Å². The lowest BCUT2D eigenvalue weighted by Crippen LogP contribution is -2.54. The van der Waals surface area contributed by atoms with Crippen LogP contribution in [0.15, 0.2) is 0 Å². The Bertz CT molecular complexity index is 893. The highest BCUT2D eigenvalue weighted by Gasteiger charge is 2.68. The van der Waals surface area contributed by atoms with E-state index in [1.807, 2.05) is 4.90 Å². The van der Waals surface area contributed by atoms with E-state index in [0.717, 1.165) is 50.4 Å². The average molecular weight is 416 g/mol. The Morgan fingerprint density at radius 3 is 2.55 bits per heavy atom. The number of piperidine rings is 1. The van der Waals surface area contributed by atoms with Crippen LogP contribution < -0.4 is 5.32 Å². The van der Waals surface area contributed by atoms with Crippen molar-refractivity contribution in [3.05, 3.63) is 9.88 Å². The summed E-state index contributed by atoms with van der Waals surface area (Å²) in [5.74, 6) is 2.21. The number of aromatic nitrogens is 1. The molecule has 2 bridgehead atoms. The number of aromatic hydroxyl groups is 1. The predicted octanol–water partition coefficient (Wildman–Crippen LogP) is 3.09. The lowest BCUT2D eigenvalue weighted by molar-refractivity contribution is -0.126. The largest absolute Gasteiger partial charge is 0.492 e. The third kappa shape index (κ3) is 2.42. The zero-order valence-electron chi connectivity index (χ0n) is 17.3. The van der Waals surface area contributed by atoms with E-state index in [2.05, 4.69) is 24.1 Å². The van der Waals surface area contributed by atoms with E-state index < -0.39 is 0 Å². The molecule has 0 radical (unpaired) electrons. The topological polar surface area (TPSA) is 82.5 Å². The standard InChI is InChI=1S/C22H29N3O3S/c1-10-17(26)23-19(29-10)20(28)25-12-4-5-16(25)15-9-22(15,8-12)24-18(27)11-6-13-14(7-11)21(13,2)3/h11-16,26H,4-9H2,1-3H3,(H,24,27)/t11?,12-,13-,14+,15+,16+,22-/m1/s1. The van der Waals surface area contributed by atoms with Crippen molar-refractivity contribution in [1.29, 1.82) is 0 Å². The molecule has 3 aliphatic carbocycles. The van der Waals surface area contributed by atoms with Crippen molar-refractivity contribution in [3.63, 3.8) is 0 Å². The quantitative estimate of drug-likeness (QED) is 0.795. The van der Waals surface area contributed by atoms with E-state index in [1.54, 1.807) is 6.92 Å². The van der Waals surface area contributed by atoms with Crippen LogP contribution in [0.3, 0.4) is 0 Å². The molecule has 0 aromatic carbocycles. The van der Waals surface area contributed by atoms with Crippen molar-refractivity contribution in [2.45, 2.75) is 76.9 Å². The molecular formula is C22H29N3O3S. The molecule has 3 heterocycles. The highest BCUT2D eigenvalue weighted by molar-refractivity contribution is 7.13. The Morgan fingerprint density at radius 1 is 1.17 bits per heavy atom. The Hall–Kier alpha value is -1.63. The van der Waals surface area contributed by atoms with Crippen LogP contribution in [-0.2, 0) is 4.79 Å². The summed E-state index contributed by atoms with van der Waals surface area (Å²) in [6.07, 6.45) is 5.98. The van der Waals surface area contributed by atoms with E-state index in [1.165, 1.54) is 11.3 Å². The van der Waals surface area contributed by atoms with E-state index >= 15 is 0 Å². The van der Waals surface area contributed by atoms with E-state index in [9.17, 15) is 14.7 Å². The summed E-state index contributed by atoms with van der Waals surface area (Å²) >= 11 is 1.27. The molecule has 156 valence electrons. The molecule has 29 heavy (non-hydrogen) atoms. The van der Waals surface area contributed by atoms with E-state index in [-0.39, 0.29) is 41.2 Å². The van der Waals surface area contributed by atoms with Gasteiger partial charge in [-0.2, -0.15) is 4.98 Å². The molecule has 5 fully saturated rings. The molecule has 0 spiro atoms. The number of rotatable bonds is 3. The third-order valence-electron chi connectivity index (χ3n) is 9.04. The summed E-state index contributed by atoms with van der Waals surface area (Å²) in [5.41, 5.74) is 0.369. The zero-order valence-corrected chi connectivity index (χ0v) is 18.1. The van der Waals surface area contributed by atoms with Gasteiger partial charge in [0.15, 0.2) is 5.01 Å². The predicted molar refractivity (Wildman–Crippen MR) is 109 cm³/mol. The second-order valence-electron chi connectivity index (χ2n) is 10.8. The minimum atomic E-state index is -0.0804. The SMILES string of the molecule is Cc1sc(C(=O)N2[C@@H]3CC[C@H]2[C@@H]2C[C@]2(NC(=O)C2C[C@@H]4[C@H](C2)C4(C)C)C3)nc1O. The molecule has 2 amide bonds. The van der Waals surface area contributed by atoms with Crippen LogP contribution in [0.4, 0.5) is 0 Å². The molecule has 1 aromatic heterocycles. The maximum Gasteiger partial charge on any atom is 0.283 e. The summed E-state index contributed by atoms with van der Waals surface area (Å²) in [7, 11) is 0. The van der Waals surface area contributed by atoms with E-state index in [0.29, 0.717) is 21.2 Å². The number of hydrogen-bond acceptors (Lipinski definition) is 5. The van der Waals surface area contributed by atoms with Gasteiger partial charge in [0.25, 0.3) is 5.91 Å². The minimum Gasteiger partial charge on any atom is -0.492 e. The number of amides is 2. The number of aryl methyl sites for hydroxylation is 1. The van der Waals surface area contributed by atoms with Crippen LogP contribution in [0.1, 0.15) is 67.1 Å².